The summed E-state index contributed by atoms with van der Waals surface area (Å²) in [7, 11) is 1.97. The summed E-state index contributed by atoms with van der Waals surface area (Å²) in [6, 6.07) is 0. The molecule has 0 aliphatic carbocycles. The molecule has 0 aromatic heterocycles. The second kappa shape index (κ2) is 7.27. The minimum absolute atomic E-state index is 1.10. The minimum Gasteiger partial charge on any atom is -0.320 e. The fourth-order valence-corrected chi connectivity index (χ4v) is 0.788. The summed E-state index contributed by atoms with van der Waals surface area (Å²) >= 11 is 1.67. The van der Waals surface area contributed by atoms with Gasteiger partial charge in [-0.25, -0.2) is 0 Å². The van der Waals surface area contributed by atoms with Crippen molar-refractivity contribution in [3.05, 3.63) is 0 Å². The third-order valence-electron chi connectivity index (χ3n) is 0.850. The molecule has 2 nitrogen and oxygen atoms in total. The van der Waals surface area contributed by atoms with E-state index in [0.717, 1.165) is 13.1 Å². The Kier molecular flexibility index (Phi) is 7.52. The molecular formula is C5H14N2S. The van der Waals surface area contributed by atoms with E-state index in [4.69, 9.17) is 0 Å². The molecule has 0 rings (SSSR count). The summed E-state index contributed by atoms with van der Waals surface area (Å²) in [5, 5.41) is 3.08. The third-order valence-corrected chi connectivity index (χ3v) is 1.34. The van der Waals surface area contributed by atoms with E-state index in [1.807, 2.05) is 13.3 Å². The molecule has 0 aromatic rings. The van der Waals surface area contributed by atoms with Crippen LogP contribution in [0.2, 0.25) is 0 Å². The van der Waals surface area contributed by atoms with Gasteiger partial charge >= 0.3 is 0 Å². The third kappa shape index (κ3) is 6.27. The van der Waals surface area contributed by atoms with Gasteiger partial charge in [-0.05, 0) is 26.3 Å². The lowest BCUT2D eigenvalue weighted by atomic mass is 10.4. The van der Waals surface area contributed by atoms with Crippen LogP contribution in [0.5, 0.6) is 0 Å². The maximum atomic E-state index is 3.16. The Morgan fingerprint density at radius 2 is 2.12 bits per heavy atom. The second-order valence-corrected chi connectivity index (χ2v) is 2.25. The topological polar surface area (TPSA) is 24.1 Å². The van der Waals surface area contributed by atoms with Crippen molar-refractivity contribution in [3.63, 3.8) is 0 Å². The number of hydrogen-bond acceptors (Lipinski definition) is 3. The molecule has 0 unspecified atom stereocenters. The van der Waals surface area contributed by atoms with Crippen LogP contribution in [0.3, 0.4) is 0 Å². The Labute approximate surface area is 55.6 Å². The van der Waals surface area contributed by atoms with Gasteiger partial charge in [0.1, 0.15) is 0 Å². The lowest BCUT2D eigenvalue weighted by molar-refractivity contribution is 0.717. The van der Waals surface area contributed by atoms with Gasteiger partial charge in [0.15, 0.2) is 0 Å². The second-order valence-electron chi connectivity index (χ2n) is 1.56. The van der Waals surface area contributed by atoms with Crippen LogP contribution in [0.15, 0.2) is 0 Å². The van der Waals surface area contributed by atoms with E-state index in [0.29, 0.717) is 0 Å². The first-order valence-corrected chi connectivity index (χ1v) is 4.04. The van der Waals surface area contributed by atoms with Gasteiger partial charge < -0.3 is 5.32 Å². The molecule has 0 radical (unpaired) electrons. The van der Waals surface area contributed by atoms with Crippen LogP contribution in [-0.4, -0.2) is 26.4 Å². The molecule has 8 heavy (non-hydrogen) atoms. The highest BCUT2D eigenvalue weighted by Gasteiger charge is 1.80. The summed E-state index contributed by atoms with van der Waals surface area (Å²) in [6.45, 7) is 2.20. The van der Waals surface area contributed by atoms with Crippen molar-refractivity contribution in [1.29, 1.82) is 0 Å². The summed E-state index contributed by atoms with van der Waals surface area (Å²) < 4.78 is 3.16. The molecular weight excluding hydrogens is 120 g/mol. The molecule has 50 valence electrons. The largest absolute Gasteiger partial charge is 0.320 e. The predicted octanol–water partition coefficient (Wildman–Crippen LogP) is 0.463. The van der Waals surface area contributed by atoms with E-state index in [2.05, 4.69) is 10.0 Å². The van der Waals surface area contributed by atoms with E-state index < -0.39 is 0 Å². The van der Waals surface area contributed by atoms with Crippen LogP contribution in [0.1, 0.15) is 6.42 Å². The molecule has 0 atom stereocenters. The first kappa shape index (κ1) is 8.27. The van der Waals surface area contributed by atoms with Crippen molar-refractivity contribution in [3.8, 4) is 0 Å². The number of nitrogens with one attached hydrogen (secondary N) is 2. The highest BCUT2D eigenvalue weighted by molar-refractivity contribution is 7.96. The molecule has 0 saturated heterocycles. The standard InChI is InChI=1S/C5H14N2S/c1-6-4-3-5-7-8-2/h6-7H,3-5H2,1-2H3. The maximum absolute atomic E-state index is 3.16. The molecule has 0 spiro atoms. The fraction of sp³-hybridized carbons (Fsp3) is 1.00. The SMILES string of the molecule is CNCCCNSC. The van der Waals surface area contributed by atoms with Crippen molar-refractivity contribution in [2.45, 2.75) is 6.42 Å². The Morgan fingerprint density at radius 3 is 2.62 bits per heavy atom. The summed E-state index contributed by atoms with van der Waals surface area (Å²) in [4.78, 5) is 0. The molecule has 0 bridgehead atoms. The highest BCUT2D eigenvalue weighted by atomic mass is 32.2. The zero-order valence-corrected chi connectivity index (χ0v) is 6.35. The van der Waals surface area contributed by atoms with Crippen molar-refractivity contribution >= 4 is 11.9 Å². The van der Waals surface area contributed by atoms with Gasteiger partial charge in [-0.2, -0.15) is 0 Å². The summed E-state index contributed by atoms with van der Waals surface area (Å²) in [6.07, 6.45) is 3.25. The van der Waals surface area contributed by atoms with Crippen LogP contribution in [0, 0.1) is 0 Å². The Balaban J connectivity index is 2.53. The van der Waals surface area contributed by atoms with Gasteiger partial charge in [-0.3, -0.25) is 4.72 Å². The normalized spacial score (nSPS) is 9.75. The number of rotatable bonds is 5. The smallest absolute Gasteiger partial charge is 0.00704 e. The van der Waals surface area contributed by atoms with Gasteiger partial charge in [0.25, 0.3) is 0 Å². The van der Waals surface area contributed by atoms with Gasteiger partial charge in [-0.1, -0.05) is 11.9 Å². The molecule has 2 N–H and O–H groups in total. The quantitative estimate of drug-likeness (QED) is 0.422. The van der Waals surface area contributed by atoms with Crippen LogP contribution >= 0.6 is 11.9 Å². The molecule has 0 heterocycles. The van der Waals surface area contributed by atoms with Crippen LogP contribution < -0.4 is 10.0 Å². The molecule has 3 heteroatoms. The number of hydrogen-bond donors (Lipinski definition) is 2. The minimum atomic E-state index is 1.10. The van der Waals surface area contributed by atoms with Gasteiger partial charge in [-0.15, -0.1) is 0 Å². The average molecular weight is 134 g/mol. The summed E-state index contributed by atoms with van der Waals surface area (Å²) in [5.41, 5.74) is 0. The molecule has 0 aliphatic rings. The van der Waals surface area contributed by atoms with Crippen LogP contribution in [0.25, 0.3) is 0 Å². The zero-order valence-electron chi connectivity index (χ0n) is 5.53. The van der Waals surface area contributed by atoms with Crippen molar-refractivity contribution in [2.75, 3.05) is 26.4 Å². The van der Waals surface area contributed by atoms with Gasteiger partial charge in [0.2, 0.25) is 0 Å². The lowest BCUT2D eigenvalue weighted by Gasteiger charge is -1.97. The van der Waals surface area contributed by atoms with E-state index in [1.165, 1.54) is 6.42 Å². The monoisotopic (exact) mass is 134 g/mol. The molecule has 0 amide bonds. The van der Waals surface area contributed by atoms with Crippen molar-refractivity contribution in [1.82, 2.24) is 10.0 Å². The molecule has 0 saturated carbocycles. The van der Waals surface area contributed by atoms with Gasteiger partial charge in [0.05, 0.1) is 0 Å². The van der Waals surface area contributed by atoms with Crippen molar-refractivity contribution < 1.29 is 0 Å². The van der Waals surface area contributed by atoms with E-state index >= 15 is 0 Å². The van der Waals surface area contributed by atoms with Crippen LogP contribution in [-0.2, 0) is 0 Å². The average Bonchev–Trinajstić information content (AvgIpc) is 1.81. The molecule has 0 fully saturated rings. The zero-order chi connectivity index (χ0) is 6.24. The van der Waals surface area contributed by atoms with E-state index in [9.17, 15) is 0 Å². The van der Waals surface area contributed by atoms with Crippen LogP contribution in [0.4, 0.5) is 0 Å². The molecule has 0 aliphatic heterocycles. The van der Waals surface area contributed by atoms with Gasteiger partial charge in [0, 0.05) is 6.54 Å². The Bertz CT molecular complexity index is 35.4. The predicted molar refractivity (Wildman–Crippen MR) is 40.1 cm³/mol. The maximum Gasteiger partial charge on any atom is 0.00704 e. The fourth-order valence-electron chi connectivity index (χ4n) is 0.439. The Hall–Kier alpha value is 0.270. The van der Waals surface area contributed by atoms with E-state index in [1.54, 1.807) is 11.9 Å². The van der Waals surface area contributed by atoms with Crippen molar-refractivity contribution in [2.24, 2.45) is 0 Å². The lowest BCUT2D eigenvalue weighted by Crippen LogP contribution is -2.14. The first-order chi connectivity index (χ1) is 3.91. The highest BCUT2D eigenvalue weighted by Crippen LogP contribution is 1.81. The first-order valence-electron chi connectivity index (χ1n) is 2.82. The Morgan fingerprint density at radius 1 is 1.38 bits per heavy atom. The van der Waals surface area contributed by atoms with E-state index in [-0.39, 0.29) is 0 Å². The summed E-state index contributed by atoms with van der Waals surface area (Å²) in [5.74, 6) is 0. The molecule has 0 aromatic carbocycles.